The van der Waals surface area contributed by atoms with E-state index in [1.807, 2.05) is 49.4 Å². The second-order valence-corrected chi connectivity index (χ2v) is 6.50. The number of H-pyrrole nitrogens is 1. The molecule has 0 fully saturated rings. The van der Waals surface area contributed by atoms with E-state index in [1.54, 1.807) is 18.3 Å². The maximum atomic E-state index is 12.3. The minimum atomic E-state index is -0.289. The smallest absolute Gasteiger partial charge is 0.319 e. The van der Waals surface area contributed by atoms with E-state index in [4.69, 9.17) is 5.73 Å². The quantitative estimate of drug-likeness (QED) is 0.355. The number of nitrogens with two attached hydrogens (primary N) is 1. The van der Waals surface area contributed by atoms with Crippen LogP contribution in [0.5, 0.6) is 0 Å². The molecule has 9 nitrogen and oxygen atoms in total. The molecule has 0 radical (unpaired) electrons. The van der Waals surface area contributed by atoms with Gasteiger partial charge in [0.15, 0.2) is 5.65 Å². The van der Waals surface area contributed by atoms with E-state index in [-0.39, 0.29) is 12.1 Å². The van der Waals surface area contributed by atoms with Crippen molar-refractivity contribution >= 4 is 40.2 Å². The SMILES string of the molecule is C[C@@H](NC(=O)Nc1cccc(Nc2ncc3c(N)[nH]nc3n2)c1)c1ccccc1. The van der Waals surface area contributed by atoms with Crippen LogP contribution in [0.3, 0.4) is 0 Å². The van der Waals surface area contributed by atoms with Crippen LogP contribution >= 0.6 is 0 Å². The summed E-state index contributed by atoms with van der Waals surface area (Å²) in [7, 11) is 0. The number of nitrogens with zero attached hydrogens (tertiary/aromatic N) is 3. The van der Waals surface area contributed by atoms with E-state index in [0.29, 0.717) is 28.5 Å². The van der Waals surface area contributed by atoms with E-state index in [1.165, 1.54) is 0 Å². The van der Waals surface area contributed by atoms with Gasteiger partial charge in [-0.15, -0.1) is 0 Å². The number of nitrogen functional groups attached to an aromatic ring is 1. The van der Waals surface area contributed by atoms with Crippen LogP contribution in [-0.2, 0) is 0 Å². The zero-order valence-electron chi connectivity index (χ0n) is 15.7. The van der Waals surface area contributed by atoms with Gasteiger partial charge >= 0.3 is 6.03 Å². The Kier molecular flexibility index (Phi) is 4.93. The number of rotatable bonds is 5. The van der Waals surface area contributed by atoms with Crippen molar-refractivity contribution in [3.05, 3.63) is 66.4 Å². The number of hydrogen-bond acceptors (Lipinski definition) is 6. The zero-order chi connectivity index (χ0) is 20.2. The molecule has 4 aromatic rings. The second kappa shape index (κ2) is 7.85. The number of anilines is 4. The minimum absolute atomic E-state index is 0.112. The van der Waals surface area contributed by atoms with E-state index < -0.39 is 0 Å². The van der Waals surface area contributed by atoms with Gasteiger partial charge in [-0.05, 0) is 30.7 Å². The lowest BCUT2D eigenvalue weighted by atomic mass is 10.1. The van der Waals surface area contributed by atoms with Crippen LogP contribution in [-0.4, -0.2) is 26.2 Å². The third-order valence-electron chi connectivity index (χ3n) is 4.36. The second-order valence-electron chi connectivity index (χ2n) is 6.50. The van der Waals surface area contributed by atoms with Gasteiger partial charge in [-0.3, -0.25) is 5.10 Å². The van der Waals surface area contributed by atoms with Gasteiger partial charge in [0.1, 0.15) is 5.82 Å². The Balaban J connectivity index is 1.42. The van der Waals surface area contributed by atoms with Crippen molar-refractivity contribution in [2.45, 2.75) is 13.0 Å². The number of nitrogens with one attached hydrogen (secondary N) is 4. The average Bonchev–Trinajstić information content (AvgIpc) is 3.09. The van der Waals surface area contributed by atoms with Gasteiger partial charge < -0.3 is 21.7 Å². The summed E-state index contributed by atoms with van der Waals surface area (Å²) in [5.74, 6) is 0.803. The van der Waals surface area contributed by atoms with Gasteiger partial charge in [0.2, 0.25) is 5.95 Å². The van der Waals surface area contributed by atoms with Gasteiger partial charge in [0.05, 0.1) is 11.4 Å². The number of benzene rings is 2. The fourth-order valence-corrected chi connectivity index (χ4v) is 2.87. The molecule has 0 aliphatic heterocycles. The average molecular weight is 388 g/mol. The summed E-state index contributed by atoms with van der Waals surface area (Å²) < 4.78 is 0. The summed E-state index contributed by atoms with van der Waals surface area (Å²) in [6.07, 6.45) is 1.60. The third kappa shape index (κ3) is 4.24. The lowest BCUT2D eigenvalue weighted by Crippen LogP contribution is -2.31. The Morgan fingerprint density at radius 2 is 1.90 bits per heavy atom. The predicted molar refractivity (Wildman–Crippen MR) is 113 cm³/mol. The maximum Gasteiger partial charge on any atom is 0.319 e. The Morgan fingerprint density at radius 1 is 1.10 bits per heavy atom. The predicted octanol–water partition coefficient (Wildman–Crippen LogP) is 3.56. The monoisotopic (exact) mass is 388 g/mol. The van der Waals surface area contributed by atoms with E-state index >= 15 is 0 Å². The molecule has 0 saturated carbocycles. The minimum Gasteiger partial charge on any atom is -0.383 e. The fourth-order valence-electron chi connectivity index (χ4n) is 2.87. The largest absolute Gasteiger partial charge is 0.383 e. The van der Waals surface area contributed by atoms with E-state index in [9.17, 15) is 4.79 Å². The lowest BCUT2D eigenvalue weighted by Gasteiger charge is -2.15. The number of amides is 2. The number of urea groups is 1. The molecule has 0 spiro atoms. The molecule has 2 amide bonds. The lowest BCUT2D eigenvalue weighted by molar-refractivity contribution is 0.249. The molecule has 2 heterocycles. The molecule has 4 rings (SSSR count). The van der Waals surface area contributed by atoms with Crippen LogP contribution in [0.2, 0.25) is 0 Å². The van der Waals surface area contributed by atoms with Gasteiger partial charge in [-0.1, -0.05) is 36.4 Å². The van der Waals surface area contributed by atoms with Crippen molar-refractivity contribution in [3.8, 4) is 0 Å². The highest BCUT2D eigenvalue weighted by Gasteiger charge is 2.10. The summed E-state index contributed by atoms with van der Waals surface area (Å²) >= 11 is 0. The van der Waals surface area contributed by atoms with Crippen LogP contribution in [0.4, 0.5) is 27.9 Å². The molecule has 2 aromatic heterocycles. The van der Waals surface area contributed by atoms with Crippen molar-refractivity contribution in [2.24, 2.45) is 0 Å². The maximum absolute atomic E-state index is 12.3. The molecular formula is C20H20N8O. The van der Waals surface area contributed by atoms with Gasteiger partial charge in [0, 0.05) is 17.6 Å². The zero-order valence-corrected chi connectivity index (χ0v) is 15.7. The third-order valence-corrected chi connectivity index (χ3v) is 4.36. The standard InChI is InChI=1S/C20H20N8O/c1-12(13-6-3-2-4-7-13)23-20(29)25-15-9-5-8-14(10-15)24-19-22-11-16-17(21)27-28-18(16)26-19/h2-12H,1H3,(H2,23,25,29)(H4,21,22,24,26,27,28)/t12-/m1/s1. The first-order valence-corrected chi connectivity index (χ1v) is 9.04. The molecule has 0 unspecified atom stereocenters. The van der Waals surface area contributed by atoms with E-state index in [0.717, 1.165) is 11.3 Å². The Morgan fingerprint density at radius 3 is 2.72 bits per heavy atom. The van der Waals surface area contributed by atoms with Gasteiger partial charge in [-0.25, -0.2) is 9.78 Å². The van der Waals surface area contributed by atoms with Gasteiger partial charge in [-0.2, -0.15) is 10.1 Å². The molecule has 29 heavy (non-hydrogen) atoms. The van der Waals surface area contributed by atoms with Crippen molar-refractivity contribution in [1.29, 1.82) is 0 Å². The van der Waals surface area contributed by atoms with Crippen molar-refractivity contribution in [2.75, 3.05) is 16.4 Å². The number of hydrogen-bond donors (Lipinski definition) is 5. The van der Waals surface area contributed by atoms with Crippen molar-refractivity contribution in [3.63, 3.8) is 0 Å². The molecule has 0 aliphatic rings. The first-order chi connectivity index (χ1) is 14.1. The van der Waals surface area contributed by atoms with Crippen LogP contribution < -0.4 is 21.7 Å². The number of carbonyl (C=O) groups is 1. The Hall–Kier alpha value is -4.14. The summed E-state index contributed by atoms with van der Waals surface area (Å²) in [4.78, 5) is 20.9. The van der Waals surface area contributed by atoms with Crippen LogP contribution in [0.15, 0.2) is 60.8 Å². The molecule has 0 aliphatic carbocycles. The van der Waals surface area contributed by atoms with Crippen LogP contribution in [0.1, 0.15) is 18.5 Å². The molecule has 2 aromatic carbocycles. The van der Waals surface area contributed by atoms with Gasteiger partial charge in [0.25, 0.3) is 0 Å². The first-order valence-electron chi connectivity index (χ1n) is 9.04. The number of fused-ring (bicyclic) bond motifs is 1. The molecule has 1 atom stereocenters. The van der Waals surface area contributed by atoms with Crippen molar-refractivity contribution in [1.82, 2.24) is 25.5 Å². The molecule has 0 saturated heterocycles. The summed E-state index contributed by atoms with van der Waals surface area (Å²) in [5.41, 5.74) is 8.62. The molecule has 146 valence electrons. The first kappa shape index (κ1) is 18.2. The highest BCUT2D eigenvalue weighted by atomic mass is 16.2. The summed E-state index contributed by atoms with van der Waals surface area (Å²) in [6, 6.07) is 16.6. The molecule has 6 N–H and O–H groups in total. The molecular weight excluding hydrogens is 368 g/mol. The topological polar surface area (TPSA) is 134 Å². The van der Waals surface area contributed by atoms with Crippen LogP contribution in [0.25, 0.3) is 11.0 Å². The summed E-state index contributed by atoms with van der Waals surface area (Å²) in [6.45, 7) is 1.93. The normalized spacial score (nSPS) is 11.8. The Bertz CT molecular complexity index is 1140. The Labute approximate surface area is 166 Å². The highest BCUT2D eigenvalue weighted by molar-refractivity contribution is 5.90. The fraction of sp³-hybridized carbons (Fsp3) is 0.100. The number of carbonyl (C=O) groups excluding carboxylic acids is 1. The molecule has 0 bridgehead atoms. The van der Waals surface area contributed by atoms with Crippen LogP contribution in [0, 0.1) is 0 Å². The highest BCUT2D eigenvalue weighted by Crippen LogP contribution is 2.21. The number of aromatic amines is 1. The molecule has 9 heteroatoms. The number of aromatic nitrogens is 4. The summed E-state index contributed by atoms with van der Waals surface area (Å²) in [5, 5.41) is 16.2. The van der Waals surface area contributed by atoms with E-state index in [2.05, 4.69) is 36.1 Å². The van der Waals surface area contributed by atoms with Crippen molar-refractivity contribution < 1.29 is 4.79 Å².